The van der Waals surface area contributed by atoms with E-state index in [1.54, 1.807) is 10.9 Å². The number of hydrogen-bond donors (Lipinski definition) is 0. The second-order valence-electron chi connectivity index (χ2n) is 6.24. The molecule has 0 aliphatic rings. The van der Waals surface area contributed by atoms with Crippen molar-refractivity contribution in [1.29, 1.82) is 0 Å². The van der Waals surface area contributed by atoms with E-state index in [0.717, 1.165) is 30.2 Å². The molecule has 0 radical (unpaired) electrons. The van der Waals surface area contributed by atoms with Crippen LogP contribution < -0.4 is 0 Å². The lowest BCUT2D eigenvalue weighted by Gasteiger charge is -2.17. The number of benzene rings is 2. The van der Waals surface area contributed by atoms with Crippen LogP contribution in [0.3, 0.4) is 0 Å². The van der Waals surface area contributed by atoms with Gasteiger partial charge in [-0.2, -0.15) is 5.10 Å². The summed E-state index contributed by atoms with van der Waals surface area (Å²) in [6, 6.07) is 20.3. The number of para-hydroxylation sites is 2. The first kappa shape index (κ1) is 16.2. The molecule has 130 valence electrons. The van der Waals surface area contributed by atoms with Crippen molar-refractivity contribution in [2.45, 2.75) is 13.1 Å². The molecule has 6 nitrogen and oxygen atoms in total. The molecule has 0 bridgehead atoms. The van der Waals surface area contributed by atoms with Gasteiger partial charge in [-0.1, -0.05) is 41.6 Å². The van der Waals surface area contributed by atoms with Crippen molar-refractivity contribution in [2.24, 2.45) is 0 Å². The van der Waals surface area contributed by atoms with Crippen LogP contribution in [0.15, 0.2) is 79.3 Å². The van der Waals surface area contributed by atoms with Crippen molar-refractivity contribution in [1.82, 2.24) is 29.7 Å². The maximum absolute atomic E-state index is 4.35. The Kier molecular flexibility index (Phi) is 4.57. The van der Waals surface area contributed by atoms with E-state index in [-0.39, 0.29) is 0 Å². The van der Waals surface area contributed by atoms with E-state index in [4.69, 9.17) is 0 Å². The Balaban J connectivity index is 1.47. The van der Waals surface area contributed by atoms with Crippen LogP contribution >= 0.6 is 0 Å². The van der Waals surface area contributed by atoms with Crippen molar-refractivity contribution in [2.75, 3.05) is 7.05 Å². The average Bonchev–Trinajstić information content (AvgIpc) is 3.35. The molecule has 2 aromatic heterocycles. The smallest absolute Gasteiger partial charge is 0.0971 e. The Bertz CT molecular complexity index is 959. The molecule has 0 N–H and O–H groups in total. The van der Waals surface area contributed by atoms with E-state index < -0.39 is 0 Å². The SMILES string of the molecule is CN(Cc1cn(-c2ccccc2)nn1)Cc1ccccc1-n1cccn1. The fourth-order valence-corrected chi connectivity index (χ4v) is 2.98. The van der Waals surface area contributed by atoms with Gasteiger partial charge in [0.2, 0.25) is 0 Å². The zero-order chi connectivity index (χ0) is 17.8. The predicted octanol–water partition coefficient (Wildman–Crippen LogP) is 3.09. The van der Waals surface area contributed by atoms with Gasteiger partial charge in [-0.05, 0) is 36.9 Å². The van der Waals surface area contributed by atoms with Crippen molar-refractivity contribution in [3.63, 3.8) is 0 Å². The molecule has 2 heterocycles. The molecule has 4 rings (SSSR count). The highest BCUT2D eigenvalue weighted by Gasteiger charge is 2.10. The standard InChI is InChI=1S/C20H20N6/c1-24(14-17-8-5-6-11-20(17)25-13-7-12-21-25)15-18-16-26(23-22-18)19-9-3-2-4-10-19/h2-13,16H,14-15H2,1H3. The molecule has 2 aromatic carbocycles. The summed E-state index contributed by atoms with van der Waals surface area (Å²) in [5.41, 5.74) is 4.26. The summed E-state index contributed by atoms with van der Waals surface area (Å²) in [5.74, 6) is 0. The summed E-state index contributed by atoms with van der Waals surface area (Å²) >= 11 is 0. The molecule has 0 aliphatic heterocycles. The Hall–Kier alpha value is -3.25. The molecule has 0 amide bonds. The summed E-state index contributed by atoms with van der Waals surface area (Å²) in [6.45, 7) is 1.52. The normalized spacial score (nSPS) is 11.2. The van der Waals surface area contributed by atoms with Gasteiger partial charge in [0.25, 0.3) is 0 Å². The lowest BCUT2D eigenvalue weighted by atomic mass is 10.1. The summed E-state index contributed by atoms with van der Waals surface area (Å²) in [4.78, 5) is 2.22. The quantitative estimate of drug-likeness (QED) is 0.539. The van der Waals surface area contributed by atoms with Gasteiger partial charge in [0.1, 0.15) is 0 Å². The molecule has 26 heavy (non-hydrogen) atoms. The largest absolute Gasteiger partial charge is 0.296 e. The lowest BCUT2D eigenvalue weighted by Crippen LogP contribution is -2.18. The van der Waals surface area contributed by atoms with Gasteiger partial charge in [-0.25, -0.2) is 9.36 Å². The highest BCUT2D eigenvalue weighted by atomic mass is 15.4. The topological polar surface area (TPSA) is 51.8 Å². The molecule has 0 spiro atoms. The van der Waals surface area contributed by atoms with Crippen LogP contribution in [0.4, 0.5) is 0 Å². The summed E-state index contributed by atoms with van der Waals surface area (Å²) in [7, 11) is 2.08. The lowest BCUT2D eigenvalue weighted by molar-refractivity contribution is 0.314. The number of nitrogens with zero attached hydrogens (tertiary/aromatic N) is 6. The van der Waals surface area contributed by atoms with Gasteiger partial charge in [-0.15, -0.1) is 5.10 Å². The third-order valence-corrected chi connectivity index (χ3v) is 4.18. The number of rotatable bonds is 6. The number of aromatic nitrogens is 5. The Morgan fingerprint density at radius 3 is 2.50 bits per heavy atom. The van der Waals surface area contributed by atoms with E-state index in [2.05, 4.69) is 45.6 Å². The first-order valence-electron chi connectivity index (χ1n) is 8.53. The van der Waals surface area contributed by atoms with Crippen molar-refractivity contribution in [3.8, 4) is 11.4 Å². The molecule has 0 atom stereocenters. The molecular weight excluding hydrogens is 324 g/mol. The van der Waals surface area contributed by atoms with Gasteiger partial charge in [-0.3, -0.25) is 4.90 Å². The summed E-state index contributed by atoms with van der Waals surface area (Å²) < 4.78 is 3.70. The van der Waals surface area contributed by atoms with Gasteiger partial charge < -0.3 is 0 Å². The first-order chi connectivity index (χ1) is 12.8. The van der Waals surface area contributed by atoms with E-state index in [1.807, 2.05) is 59.5 Å². The molecular formula is C20H20N6. The zero-order valence-corrected chi connectivity index (χ0v) is 14.6. The van der Waals surface area contributed by atoms with Crippen molar-refractivity contribution < 1.29 is 0 Å². The van der Waals surface area contributed by atoms with Crippen LogP contribution in [-0.2, 0) is 13.1 Å². The van der Waals surface area contributed by atoms with Crippen LogP contribution in [0, 0.1) is 0 Å². The molecule has 6 heteroatoms. The molecule has 0 saturated carbocycles. The zero-order valence-electron chi connectivity index (χ0n) is 14.6. The third-order valence-electron chi connectivity index (χ3n) is 4.18. The third kappa shape index (κ3) is 3.55. The van der Waals surface area contributed by atoms with E-state index in [9.17, 15) is 0 Å². The Labute approximate surface area is 152 Å². The van der Waals surface area contributed by atoms with Crippen molar-refractivity contribution >= 4 is 0 Å². The van der Waals surface area contributed by atoms with E-state index in [0.29, 0.717) is 0 Å². The maximum atomic E-state index is 4.35. The van der Waals surface area contributed by atoms with Crippen LogP contribution in [-0.4, -0.2) is 36.7 Å². The van der Waals surface area contributed by atoms with Gasteiger partial charge >= 0.3 is 0 Å². The predicted molar refractivity (Wildman–Crippen MR) is 100 cm³/mol. The fraction of sp³-hybridized carbons (Fsp3) is 0.150. The highest BCUT2D eigenvalue weighted by Crippen LogP contribution is 2.16. The van der Waals surface area contributed by atoms with Gasteiger partial charge in [0.15, 0.2) is 0 Å². The van der Waals surface area contributed by atoms with Gasteiger partial charge in [0.05, 0.1) is 23.3 Å². The average molecular weight is 344 g/mol. The maximum Gasteiger partial charge on any atom is 0.0971 e. The van der Waals surface area contributed by atoms with Crippen LogP contribution in [0.5, 0.6) is 0 Å². The Morgan fingerprint density at radius 2 is 1.69 bits per heavy atom. The monoisotopic (exact) mass is 344 g/mol. The van der Waals surface area contributed by atoms with E-state index in [1.165, 1.54) is 5.56 Å². The summed E-state index contributed by atoms with van der Waals surface area (Å²) in [6.07, 6.45) is 5.73. The van der Waals surface area contributed by atoms with E-state index >= 15 is 0 Å². The second kappa shape index (κ2) is 7.33. The molecule has 0 fully saturated rings. The molecule has 0 saturated heterocycles. The highest BCUT2D eigenvalue weighted by molar-refractivity contribution is 5.40. The van der Waals surface area contributed by atoms with Crippen LogP contribution in [0.1, 0.15) is 11.3 Å². The van der Waals surface area contributed by atoms with Crippen LogP contribution in [0.2, 0.25) is 0 Å². The fourth-order valence-electron chi connectivity index (χ4n) is 2.98. The second-order valence-corrected chi connectivity index (χ2v) is 6.24. The summed E-state index contributed by atoms with van der Waals surface area (Å²) in [5, 5.41) is 12.9. The minimum Gasteiger partial charge on any atom is -0.296 e. The van der Waals surface area contributed by atoms with Gasteiger partial charge in [0, 0.05) is 25.5 Å². The minimum atomic E-state index is 0.722. The molecule has 4 aromatic rings. The number of hydrogen-bond acceptors (Lipinski definition) is 4. The first-order valence-corrected chi connectivity index (χ1v) is 8.53. The Morgan fingerprint density at radius 1 is 0.885 bits per heavy atom. The molecule has 0 unspecified atom stereocenters. The molecule has 0 aliphatic carbocycles. The van der Waals surface area contributed by atoms with Crippen LogP contribution in [0.25, 0.3) is 11.4 Å². The van der Waals surface area contributed by atoms with Crippen molar-refractivity contribution in [3.05, 3.63) is 90.5 Å². The minimum absolute atomic E-state index is 0.722.